The van der Waals surface area contributed by atoms with Crippen LogP contribution < -0.4 is 0 Å². The second-order valence-corrected chi connectivity index (χ2v) is 5.90. The van der Waals surface area contributed by atoms with Crippen molar-refractivity contribution >= 4 is 28.4 Å². The average Bonchev–Trinajstić information content (AvgIpc) is 3.14. The molecule has 0 bridgehead atoms. The van der Waals surface area contributed by atoms with Crippen LogP contribution in [0.5, 0.6) is 0 Å². The summed E-state index contributed by atoms with van der Waals surface area (Å²) in [7, 11) is 0. The van der Waals surface area contributed by atoms with E-state index in [0.29, 0.717) is 10.4 Å². The van der Waals surface area contributed by atoms with Crippen LogP contribution in [0.15, 0.2) is 42.7 Å². The Bertz CT molecular complexity index is 816. The molecule has 0 N–H and O–H groups in total. The van der Waals surface area contributed by atoms with Gasteiger partial charge in [0.15, 0.2) is 11.6 Å². The Morgan fingerprint density at radius 3 is 2.81 bits per heavy atom. The van der Waals surface area contributed by atoms with E-state index in [0.717, 1.165) is 16.8 Å². The van der Waals surface area contributed by atoms with Crippen LogP contribution in [0.25, 0.3) is 5.52 Å². The number of carbonyl (C=O) groups is 2. The van der Waals surface area contributed by atoms with E-state index in [-0.39, 0.29) is 18.0 Å². The third-order valence-corrected chi connectivity index (χ3v) is 4.60. The van der Waals surface area contributed by atoms with Crippen molar-refractivity contribution in [1.82, 2.24) is 9.61 Å². The number of ketones is 2. The third-order valence-electron chi connectivity index (χ3n) is 3.33. The molecule has 0 spiro atoms. The van der Waals surface area contributed by atoms with Crippen molar-refractivity contribution in [3.05, 3.63) is 58.0 Å². The number of Topliss-reactive ketones (excluding diaryl/α,β-unsaturated/α-hetero) is 2. The second kappa shape index (κ2) is 5.61. The molecule has 0 amide bonds. The van der Waals surface area contributed by atoms with Gasteiger partial charge in [-0.3, -0.25) is 9.59 Å². The molecule has 0 unspecified atom stereocenters. The molecule has 0 atom stereocenters. The highest BCUT2D eigenvalue weighted by molar-refractivity contribution is 7.14. The molecule has 5 heteroatoms. The standard InChI is InChI=1S/C16H14N2O2S/c1-2-11-6-7-16(21-11)15(20)9-14(19)12-10-17-18-8-4-3-5-13(12)18/h3-8,10H,2,9H2,1H3. The summed E-state index contributed by atoms with van der Waals surface area (Å²) >= 11 is 1.46. The van der Waals surface area contributed by atoms with Gasteiger partial charge in [-0.1, -0.05) is 13.0 Å². The Balaban J connectivity index is 1.81. The van der Waals surface area contributed by atoms with E-state index in [1.165, 1.54) is 17.5 Å². The van der Waals surface area contributed by atoms with Gasteiger partial charge in [-0.2, -0.15) is 5.10 Å². The number of aryl methyl sites for hydroxylation is 1. The predicted molar refractivity (Wildman–Crippen MR) is 82.2 cm³/mol. The van der Waals surface area contributed by atoms with E-state index in [1.807, 2.05) is 31.2 Å². The topological polar surface area (TPSA) is 51.4 Å². The number of rotatable bonds is 5. The molecule has 0 saturated carbocycles. The molecule has 4 nitrogen and oxygen atoms in total. The van der Waals surface area contributed by atoms with Crippen LogP contribution in [0, 0.1) is 0 Å². The van der Waals surface area contributed by atoms with Gasteiger partial charge in [0, 0.05) is 11.1 Å². The lowest BCUT2D eigenvalue weighted by Gasteiger charge is -1.98. The largest absolute Gasteiger partial charge is 0.294 e. The molecule has 3 heterocycles. The lowest BCUT2D eigenvalue weighted by atomic mass is 10.1. The minimum absolute atomic E-state index is 0.111. The normalized spacial score (nSPS) is 10.9. The van der Waals surface area contributed by atoms with Gasteiger partial charge in [-0.25, -0.2) is 4.52 Å². The molecule has 0 saturated heterocycles. The average molecular weight is 298 g/mol. The second-order valence-electron chi connectivity index (χ2n) is 4.73. The first kappa shape index (κ1) is 13.7. The van der Waals surface area contributed by atoms with Gasteiger partial charge in [-0.05, 0) is 30.7 Å². The summed E-state index contributed by atoms with van der Waals surface area (Å²) in [6.45, 7) is 2.05. The smallest absolute Gasteiger partial charge is 0.180 e. The van der Waals surface area contributed by atoms with Gasteiger partial charge in [0.05, 0.1) is 28.6 Å². The fourth-order valence-electron chi connectivity index (χ4n) is 2.20. The summed E-state index contributed by atoms with van der Waals surface area (Å²) in [5.74, 6) is -0.312. The molecule has 106 valence electrons. The van der Waals surface area contributed by atoms with Crippen molar-refractivity contribution in [1.29, 1.82) is 0 Å². The first-order chi connectivity index (χ1) is 10.2. The monoisotopic (exact) mass is 298 g/mol. The number of fused-ring (bicyclic) bond motifs is 1. The fourth-order valence-corrected chi connectivity index (χ4v) is 3.08. The van der Waals surface area contributed by atoms with Crippen molar-refractivity contribution in [2.45, 2.75) is 19.8 Å². The first-order valence-electron chi connectivity index (χ1n) is 6.76. The minimum Gasteiger partial charge on any atom is -0.294 e. The van der Waals surface area contributed by atoms with E-state index in [1.54, 1.807) is 16.8 Å². The van der Waals surface area contributed by atoms with Crippen LogP contribution >= 0.6 is 11.3 Å². The highest BCUT2D eigenvalue weighted by atomic mass is 32.1. The number of hydrogen-bond acceptors (Lipinski definition) is 4. The highest BCUT2D eigenvalue weighted by Crippen LogP contribution is 2.20. The minimum atomic E-state index is -0.187. The highest BCUT2D eigenvalue weighted by Gasteiger charge is 2.18. The van der Waals surface area contributed by atoms with Gasteiger partial charge >= 0.3 is 0 Å². The van der Waals surface area contributed by atoms with Crippen LogP contribution in [0.2, 0.25) is 0 Å². The maximum absolute atomic E-state index is 12.3. The van der Waals surface area contributed by atoms with Gasteiger partial charge in [0.1, 0.15) is 0 Å². The molecule has 0 radical (unpaired) electrons. The summed E-state index contributed by atoms with van der Waals surface area (Å²) < 4.78 is 1.64. The Morgan fingerprint density at radius 2 is 2.05 bits per heavy atom. The molecular formula is C16H14N2O2S. The van der Waals surface area contributed by atoms with Gasteiger partial charge in [-0.15, -0.1) is 11.3 Å². The number of hydrogen-bond donors (Lipinski definition) is 0. The molecule has 3 aromatic rings. The Morgan fingerprint density at radius 1 is 1.19 bits per heavy atom. The first-order valence-corrected chi connectivity index (χ1v) is 7.58. The Labute approximate surface area is 126 Å². The van der Waals surface area contributed by atoms with Crippen molar-refractivity contribution in [3.8, 4) is 0 Å². The summed E-state index contributed by atoms with van der Waals surface area (Å²) in [5.41, 5.74) is 1.23. The van der Waals surface area contributed by atoms with Crippen molar-refractivity contribution in [2.24, 2.45) is 0 Å². The fraction of sp³-hybridized carbons (Fsp3) is 0.188. The number of aromatic nitrogens is 2. The summed E-state index contributed by atoms with van der Waals surface area (Å²) in [6, 6.07) is 9.26. The third kappa shape index (κ3) is 2.64. The number of pyridine rings is 1. The molecule has 0 aliphatic rings. The SMILES string of the molecule is CCc1ccc(C(=O)CC(=O)c2cnn3ccccc23)s1. The molecule has 0 fully saturated rings. The molecule has 0 aliphatic carbocycles. The van der Waals surface area contributed by atoms with Crippen LogP contribution in [0.1, 0.15) is 38.3 Å². The number of carbonyl (C=O) groups excluding carboxylic acids is 2. The van der Waals surface area contributed by atoms with E-state index in [2.05, 4.69) is 5.10 Å². The zero-order valence-corrected chi connectivity index (χ0v) is 12.4. The predicted octanol–water partition coefficient (Wildman–Crippen LogP) is 3.41. The maximum atomic E-state index is 12.3. The van der Waals surface area contributed by atoms with E-state index in [9.17, 15) is 9.59 Å². The van der Waals surface area contributed by atoms with Crippen molar-refractivity contribution < 1.29 is 9.59 Å². The summed E-state index contributed by atoms with van der Waals surface area (Å²) in [5, 5.41) is 4.12. The lowest BCUT2D eigenvalue weighted by molar-refractivity contribution is 0.0897. The van der Waals surface area contributed by atoms with Crippen LogP contribution in [0.4, 0.5) is 0 Å². The maximum Gasteiger partial charge on any atom is 0.180 e. The molecule has 3 rings (SSSR count). The van der Waals surface area contributed by atoms with Gasteiger partial charge in [0.2, 0.25) is 0 Å². The quantitative estimate of drug-likeness (QED) is 0.536. The van der Waals surface area contributed by atoms with Gasteiger partial charge in [0.25, 0.3) is 0 Å². The Kier molecular flexibility index (Phi) is 3.66. The summed E-state index contributed by atoms with van der Waals surface area (Å²) in [4.78, 5) is 26.3. The summed E-state index contributed by atoms with van der Waals surface area (Å²) in [6.07, 6.45) is 4.09. The number of thiophene rings is 1. The zero-order valence-electron chi connectivity index (χ0n) is 11.6. The zero-order chi connectivity index (χ0) is 14.8. The number of nitrogens with zero attached hydrogens (tertiary/aromatic N) is 2. The van der Waals surface area contributed by atoms with E-state index in [4.69, 9.17) is 0 Å². The van der Waals surface area contributed by atoms with Crippen molar-refractivity contribution in [2.75, 3.05) is 0 Å². The van der Waals surface area contributed by atoms with Crippen LogP contribution in [-0.4, -0.2) is 21.2 Å². The molecule has 3 aromatic heterocycles. The van der Waals surface area contributed by atoms with Crippen LogP contribution in [-0.2, 0) is 6.42 Å². The Hall–Kier alpha value is -2.27. The molecular weight excluding hydrogens is 284 g/mol. The van der Waals surface area contributed by atoms with Crippen LogP contribution in [0.3, 0.4) is 0 Å². The molecule has 0 aromatic carbocycles. The van der Waals surface area contributed by atoms with Crippen molar-refractivity contribution in [3.63, 3.8) is 0 Å². The lowest BCUT2D eigenvalue weighted by Crippen LogP contribution is -2.07. The van der Waals surface area contributed by atoms with Gasteiger partial charge < -0.3 is 0 Å². The molecule has 0 aliphatic heterocycles. The van der Waals surface area contributed by atoms with E-state index >= 15 is 0 Å². The molecule has 21 heavy (non-hydrogen) atoms. The van der Waals surface area contributed by atoms with E-state index < -0.39 is 0 Å².